The van der Waals surface area contributed by atoms with Gasteiger partial charge in [0.05, 0.1) is 0 Å². The molecule has 0 aliphatic carbocycles. The van der Waals surface area contributed by atoms with Crippen LogP contribution in [-0.2, 0) is 4.79 Å². The van der Waals surface area contributed by atoms with E-state index in [1.54, 1.807) is 0 Å². The predicted molar refractivity (Wildman–Crippen MR) is 82.7 cm³/mol. The third-order valence-electron chi connectivity index (χ3n) is 4.58. The van der Waals surface area contributed by atoms with Crippen LogP contribution in [0.3, 0.4) is 0 Å². The Kier molecular flexibility index (Phi) is 4.75. The van der Waals surface area contributed by atoms with Crippen molar-refractivity contribution in [3.8, 4) is 0 Å². The molecule has 0 aromatic rings. The van der Waals surface area contributed by atoms with E-state index in [9.17, 15) is 4.79 Å². The summed E-state index contributed by atoms with van der Waals surface area (Å²) < 4.78 is 0. The summed E-state index contributed by atoms with van der Waals surface area (Å²) in [5, 5.41) is 6.70. The summed E-state index contributed by atoms with van der Waals surface area (Å²) in [5.41, 5.74) is 0.125. The molecule has 2 atom stereocenters. The molecule has 2 fully saturated rings. The zero-order valence-electron chi connectivity index (χ0n) is 13.6. The molecule has 2 saturated heterocycles. The van der Waals surface area contributed by atoms with Gasteiger partial charge in [-0.1, -0.05) is 27.7 Å². The molecule has 116 valence electrons. The molecule has 0 radical (unpaired) electrons. The largest absolute Gasteiger partial charge is 0.352 e. The molecule has 2 aliphatic rings. The fourth-order valence-electron chi connectivity index (χ4n) is 3.26. The molecule has 4 nitrogen and oxygen atoms in total. The number of nitrogens with one attached hydrogen (secondary N) is 2. The quantitative estimate of drug-likeness (QED) is 0.826. The molecular formula is C16H31N3O. The smallest absolute Gasteiger partial charge is 0.225 e. The summed E-state index contributed by atoms with van der Waals surface area (Å²) in [6.45, 7) is 13.9. The summed E-state index contributed by atoms with van der Waals surface area (Å²) in [6.07, 6.45) is 3.58. The van der Waals surface area contributed by atoms with Crippen molar-refractivity contribution in [2.45, 2.75) is 53.0 Å². The third-order valence-corrected chi connectivity index (χ3v) is 4.58. The van der Waals surface area contributed by atoms with E-state index in [2.05, 4.69) is 22.5 Å². The Labute approximate surface area is 123 Å². The van der Waals surface area contributed by atoms with E-state index < -0.39 is 0 Å². The van der Waals surface area contributed by atoms with E-state index >= 15 is 0 Å². The van der Waals surface area contributed by atoms with Crippen molar-refractivity contribution in [1.29, 1.82) is 0 Å². The summed E-state index contributed by atoms with van der Waals surface area (Å²) >= 11 is 0. The Morgan fingerprint density at radius 1 is 1.45 bits per heavy atom. The number of hydrogen-bond acceptors (Lipinski definition) is 3. The van der Waals surface area contributed by atoms with E-state index in [1.807, 2.05) is 20.8 Å². The lowest BCUT2D eigenvalue weighted by atomic mass is 9.88. The van der Waals surface area contributed by atoms with Crippen molar-refractivity contribution in [2.24, 2.45) is 10.8 Å². The van der Waals surface area contributed by atoms with Crippen molar-refractivity contribution >= 4 is 5.91 Å². The highest BCUT2D eigenvalue weighted by Gasteiger charge is 2.33. The van der Waals surface area contributed by atoms with Gasteiger partial charge in [0.2, 0.25) is 5.91 Å². The number of likely N-dealkylation sites (tertiary alicyclic amines) is 1. The van der Waals surface area contributed by atoms with Crippen LogP contribution >= 0.6 is 0 Å². The van der Waals surface area contributed by atoms with E-state index in [0.29, 0.717) is 11.5 Å². The second kappa shape index (κ2) is 6.02. The van der Waals surface area contributed by atoms with Crippen molar-refractivity contribution < 1.29 is 4.79 Å². The van der Waals surface area contributed by atoms with E-state index in [1.165, 1.54) is 19.4 Å². The average molecular weight is 281 g/mol. The molecule has 2 aliphatic heterocycles. The minimum absolute atomic E-state index is 0.179. The van der Waals surface area contributed by atoms with Crippen LogP contribution in [0.15, 0.2) is 0 Å². The average Bonchev–Trinajstić information content (AvgIpc) is 2.75. The first-order valence-corrected chi connectivity index (χ1v) is 8.03. The van der Waals surface area contributed by atoms with Crippen LogP contribution in [0, 0.1) is 10.8 Å². The molecule has 2 rings (SSSR count). The Morgan fingerprint density at radius 3 is 2.80 bits per heavy atom. The number of piperidine rings is 1. The van der Waals surface area contributed by atoms with Gasteiger partial charge in [-0.3, -0.25) is 4.79 Å². The van der Waals surface area contributed by atoms with Crippen LogP contribution in [0.2, 0.25) is 0 Å². The normalized spacial score (nSPS) is 32.3. The van der Waals surface area contributed by atoms with Crippen molar-refractivity contribution in [3.63, 3.8) is 0 Å². The lowest BCUT2D eigenvalue weighted by Crippen LogP contribution is -2.52. The molecule has 20 heavy (non-hydrogen) atoms. The minimum Gasteiger partial charge on any atom is -0.352 e. The van der Waals surface area contributed by atoms with E-state index in [0.717, 1.165) is 32.6 Å². The molecular weight excluding hydrogens is 250 g/mol. The van der Waals surface area contributed by atoms with Crippen molar-refractivity contribution in [1.82, 2.24) is 15.5 Å². The first kappa shape index (κ1) is 15.8. The molecule has 4 heteroatoms. The van der Waals surface area contributed by atoms with Crippen molar-refractivity contribution in [3.05, 3.63) is 0 Å². The number of rotatable bonds is 3. The standard InChI is InChI=1S/C16H31N3O/c1-15(2,3)14(20)18-13-6-5-9-19(10-13)12-16(4)7-8-17-11-16/h13,17H,5-12H2,1-4H3,(H,18,20). The Balaban J connectivity index is 1.84. The van der Waals surface area contributed by atoms with Gasteiger partial charge in [0.1, 0.15) is 0 Å². The van der Waals surface area contributed by atoms with Crippen LogP contribution in [-0.4, -0.2) is 49.6 Å². The monoisotopic (exact) mass is 281 g/mol. The number of hydrogen-bond donors (Lipinski definition) is 2. The number of amides is 1. The highest BCUT2D eigenvalue weighted by molar-refractivity contribution is 5.81. The highest BCUT2D eigenvalue weighted by atomic mass is 16.2. The second-order valence-corrected chi connectivity index (χ2v) is 8.04. The summed E-state index contributed by atoms with van der Waals surface area (Å²) in [4.78, 5) is 14.7. The zero-order valence-corrected chi connectivity index (χ0v) is 13.6. The van der Waals surface area contributed by atoms with Crippen molar-refractivity contribution in [2.75, 3.05) is 32.7 Å². The molecule has 2 N–H and O–H groups in total. The molecule has 0 spiro atoms. The maximum absolute atomic E-state index is 12.1. The van der Waals surface area contributed by atoms with E-state index in [-0.39, 0.29) is 11.3 Å². The van der Waals surface area contributed by atoms with Crippen LogP contribution in [0.5, 0.6) is 0 Å². The van der Waals surface area contributed by atoms with Gasteiger partial charge < -0.3 is 15.5 Å². The van der Waals surface area contributed by atoms with Crippen LogP contribution in [0.4, 0.5) is 0 Å². The van der Waals surface area contributed by atoms with Gasteiger partial charge in [-0.15, -0.1) is 0 Å². The van der Waals surface area contributed by atoms with Gasteiger partial charge in [0.15, 0.2) is 0 Å². The SMILES string of the molecule is CC1(CN2CCCC(NC(=O)C(C)(C)C)C2)CCNC1. The molecule has 0 bridgehead atoms. The number of nitrogens with zero attached hydrogens (tertiary/aromatic N) is 1. The zero-order chi connectivity index (χ0) is 14.8. The maximum Gasteiger partial charge on any atom is 0.225 e. The lowest BCUT2D eigenvalue weighted by molar-refractivity contribution is -0.129. The molecule has 0 aromatic carbocycles. The molecule has 0 saturated carbocycles. The topological polar surface area (TPSA) is 44.4 Å². The van der Waals surface area contributed by atoms with Crippen LogP contribution in [0.1, 0.15) is 47.0 Å². The van der Waals surface area contributed by atoms with Gasteiger partial charge in [0.25, 0.3) is 0 Å². The summed E-state index contributed by atoms with van der Waals surface area (Å²) in [7, 11) is 0. The van der Waals surface area contributed by atoms with E-state index in [4.69, 9.17) is 0 Å². The predicted octanol–water partition coefficient (Wildman–Crippen LogP) is 1.61. The fraction of sp³-hybridized carbons (Fsp3) is 0.938. The Bertz CT molecular complexity index is 342. The first-order valence-electron chi connectivity index (χ1n) is 8.03. The van der Waals surface area contributed by atoms with Gasteiger partial charge >= 0.3 is 0 Å². The molecule has 1 amide bonds. The van der Waals surface area contributed by atoms with Gasteiger partial charge in [-0.2, -0.15) is 0 Å². The van der Waals surface area contributed by atoms with Gasteiger partial charge in [-0.25, -0.2) is 0 Å². The number of carbonyl (C=O) groups excluding carboxylic acids is 1. The molecule has 0 aromatic heterocycles. The lowest BCUT2D eigenvalue weighted by Gasteiger charge is -2.38. The third kappa shape index (κ3) is 4.19. The minimum atomic E-state index is -0.288. The van der Waals surface area contributed by atoms with Gasteiger partial charge in [-0.05, 0) is 37.8 Å². The van der Waals surface area contributed by atoms with Crippen LogP contribution in [0.25, 0.3) is 0 Å². The summed E-state index contributed by atoms with van der Waals surface area (Å²) in [6, 6.07) is 0.327. The molecule has 2 unspecified atom stereocenters. The fourth-order valence-corrected chi connectivity index (χ4v) is 3.26. The van der Waals surface area contributed by atoms with Crippen LogP contribution < -0.4 is 10.6 Å². The molecule has 2 heterocycles. The maximum atomic E-state index is 12.1. The number of carbonyl (C=O) groups is 1. The summed E-state index contributed by atoms with van der Waals surface area (Å²) in [5.74, 6) is 0.179. The Morgan fingerprint density at radius 2 is 2.20 bits per heavy atom. The first-order chi connectivity index (χ1) is 9.28. The Hall–Kier alpha value is -0.610. The second-order valence-electron chi connectivity index (χ2n) is 8.04. The highest BCUT2D eigenvalue weighted by Crippen LogP contribution is 2.27. The van der Waals surface area contributed by atoms with Gasteiger partial charge in [0, 0.05) is 31.1 Å².